The zero-order valence-corrected chi connectivity index (χ0v) is 19.2. The summed E-state index contributed by atoms with van der Waals surface area (Å²) in [6.45, 7) is 16.5. The minimum atomic E-state index is -1.32. The fraction of sp³-hybridized carbons (Fsp3) is 0.905. The van der Waals surface area contributed by atoms with Crippen LogP contribution in [0.5, 0.6) is 0 Å². The number of rotatable bonds is 9. The molecule has 1 aliphatic carbocycles. The first-order valence-electron chi connectivity index (χ1n) is 10.5. The highest BCUT2D eigenvalue weighted by Gasteiger charge is 2.57. The molecule has 0 aromatic rings. The first kappa shape index (κ1) is 23.2. The molecule has 4 nitrogen and oxygen atoms in total. The van der Waals surface area contributed by atoms with Crippen LogP contribution in [0.15, 0.2) is 0 Å². The Morgan fingerprint density at radius 3 is 1.69 bits per heavy atom. The lowest BCUT2D eigenvalue weighted by Gasteiger charge is -2.33. The highest BCUT2D eigenvalue weighted by molar-refractivity contribution is 6.79. The summed E-state index contributed by atoms with van der Waals surface area (Å²) in [6, 6.07) is 5.00. The predicted octanol–water partition coefficient (Wildman–Crippen LogP) is 5.43. The summed E-state index contributed by atoms with van der Waals surface area (Å²) in [7, 11) is -1.32. The molecule has 0 spiro atoms. The second-order valence-electron chi connectivity index (χ2n) is 8.90. The summed E-state index contributed by atoms with van der Waals surface area (Å²) in [6.07, 6.45) is 0.683. The molecule has 0 radical (unpaired) electrons. The van der Waals surface area contributed by atoms with Crippen LogP contribution in [-0.2, 0) is 19.1 Å². The molecule has 0 N–H and O–H groups in total. The largest absolute Gasteiger partial charge is 0.462 e. The van der Waals surface area contributed by atoms with Crippen LogP contribution >= 0.6 is 0 Å². The van der Waals surface area contributed by atoms with Crippen LogP contribution < -0.4 is 0 Å². The Hall–Kier alpha value is -0.843. The number of hydrogen-bond acceptors (Lipinski definition) is 4. The maximum atomic E-state index is 13.0. The normalized spacial score (nSPS) is 22.7. The fourth-order valence-electron chi connectivity index (χ4n) is 4.53. The van der Waals surface area contributed by atoms with Gasteiger partial charge in [0.2, 0.25) is 0 Å². The van der Waals surface area contributed by atoms with Crippen LogP contribution in [0.25, 0.3) is 0 Å². The quantitative estimate of drug-likeness (QED) is 0.302. The van der Waals surface area contributed by atoms with Crippen LogP contribution in [0.3, 0.4) is 0 Å². The number of carbonyl (C=O) groups is 2. The van der Waals surface area contributed by atoms with Crippen LogP contribution in [0.4, 0.5) is 0 Å². The van der Waals surface area contributed by atoms with Crippen molar-refractivity contribution in [3.05, 3.63) is 0 Å². The maximum absolute atomic E-state index is 13.0. The van der Waals surface area contributed by atoms with Crippen molar-refractivity contribution < 1.29 is 19.1 Å². The number of carbonyl (C=O) groups excluding carboxylic acids is 2. The molecule has 0 aliphatic heterocycles. The van der Waals surface area contributed by atoms with E-state index in [4.69, 9.17) is 9.47 Å². The molecule has 152 valence electrons. The molecular weight excluding hydrogens is 344 g/mol. The van der Waals surface area contributed by atoms with E-state index < -0.39 is 13.5 Å². The van der Waals surface area contributed by atoms with Gasteiger partial charge in [-0.15, -0.1) is 0 Å². The third-order valence-corrected chi connectivity index (χ3v) is 12.4. The van der Waals surface area contributed by atoms with Gasteiger partial charge in [0.15, 0.2) is 5.41 Å². The first-order valence-corrected chi connectivity index (χ1v) is 13.3. The van der Waals surface area contributed by atoms with E-state index in [2.05, 4.69) is 27.7 Å². The predicted molar refractivity (Wildman–Crippen MR) is 109 cm³/mol. The molecule has 0 aromatic carbocycles. The molecule has 1 aliphatic rings. The molecule has 0 unspecified atom stereocenters. The Balaban J connectivity index is 3.13. The van der Waals surface area contributed by atoms with Gasteiger partial charge >= 0.3 is 11.9 Å². The van der Waals surface area contributed by atoms with Crippen LogP contribution in [-0.4, -0.2) is 32.2 Å². The third-order valence-electron chi connectivity index (χ3n) is 6.50. The lowest BCUT2D eigenvalue weighted by Crippen LogP contribution is -2.42. The molecule has 26 heavy (non-hydrogen) atoms. The smallest absolute Gasteiger partial charge is 0.323 e. The summed E-state index contributed by atoms with van der Waals surface area (Å²) in [5, 5.41) is 0. The zero-order valence-electron chi connectivity index (χ0n) is 18.2. The van der Waals surface area contributed by atoms with Crippen molar-refractivity contribution in [2.45, 2.75) is 105 Å². The van der Waals surface area contributed by atoms with E-state index in [1.807, 2.05) is 27.7 Å². The van der Waals surface area contributed by atoms with Gasteiger partial charge < -0.3 is 9.47 Å². The van der Waals surface area contributed by atoms with Crippen molar-refractivity contribution in [1.29, 1.82) is 0 Å². The van der Waals surface area contributed by atoms with E-state index in [9.17, 15) is 9.59 Å². The van der Waals surface area contributed by atoms with Gasteiger partial charge in [0.25, 0.3) is 0 Å². The fourth-order valence-corrected chi connectivity index (χ4v) is 8.56. The van der Waals surface area contributed by atoms with E-state index in [0.29, 0.717) is 24.7 Å². The average molecular weight is 385 g/mol. The Labute approximate surface area is 161 Å². The monoisotopic (exact) mass is 384 g/mol. The van der Waals surface area contributed by atoms with E-state index in [1.165, 1.54) is 24.2 Å². The van der Waals surface area contributed by atoms with Crippen LogP contribution in [0.2, 0.25) is 24.2 Å². The summed E-state index contributed by atoms with van der Waals surface area (Å²) in [4.78, 5) is 25.9. The minimum absolute atomic E-state index is 0.226. The summed E-state index contributed by atoms with van der Waals surface area (Å²) in [5.74, 6) is -0.0274. The van der Waals surface area contributed by atoms with Gasteiger partial charge in [-0.25, -0.2) is 0 Å². The van der Waals surface area contributed by atoms with Crippen molar-refractivity contribution >= 4 is 20.0 Å². The lowest BCUT2D eigenvalue weighted by atomic mass is 9.85. The molecule has 0 amide bonds. The van der Waals surface area contributed by atoms with Crippen molar-refractivity contribution in [3.63, 3.8) is 0 Å². The van der Waals surface area contributed by atoms with Crippen LogP contribution in [0, 0.1) is 17.3 Å². The van der Waals surface area contributed by atoms with Gasteiger partial charge in [-0.05, 0) is 52.4 Å². The van der Waals surface area contributed by atoms with Crippen molar-refractivity contribution in [2.24, 2.45) is 17.3 Å². The Kier molecular flexibility index (Phi) is 8.37. The highest BCUT2D eigenvalue weighted by atomic mass is 28.3. The first-order chi connectivity index (χ1) is 12.1. The Bertz CT molecular complexity index is 452. The number of hydrogen-bond donors (Lipinski definition) is 0. The summed E-state index contributed by atoms with van der Waals surface area (Å²) >= 11 is 0. The SMILES string of the molecule is CC[Si](CC)(CC)C[C@@H]1CC(C(=O)OC(C)C)(C(=O)OC(C)C)C[C@H]1C. The molecule has 1 fully saturated rings. The van der Waals surface area contributed by atoms with Crippen molar-refractivity contribution in [1.82, 2.24) is 0 Å². The van der Waals surface area contributed by atoms with E-state index in [-0.39, 0.29) is 24.1 Å². The molecule has 1 saturated carbocycles. The molecule has 0 heterocycles. The van der Waals surface area contributed by atoms with E-state index in [0.717, 1.165) is 0 Å². The molecule has 5 heteroatoms. The number of esters is 2. The Morgan fingerprint density at radius 1 is 0.923 bits per heavy atom. The minimum Gasteiger partial charge on any atom is -0.462 e. The lowest BCUT2D eigenvalue weighted by molar-refractivity contribution is -0.177. The summed E-state index contributed by atoms with van der Waals surface area (Å²) in [5.41, 5.74) is -1.12. The molecule has 0 bridgehead atoms. The average Bonchev–Trinajstić information content (AvgIpc) is 2.89. The van der Waals surface area contributed by atoms with Gasteiger partial charge in [0.05, 0.1) is 20.3 Å². The topological polar surface area (TPSA) is 52.6 Å². The van der Waals surface area contributed by atoms with Gasteiger partial charge in [0.1, 0.15) is 0 Å². The highest BCUT2D eigenvalue weighted by Crippen LogP contribution is 2.51. The molecule has 0 saturated heterocycles. The van der Waals surface area contributed by atoms with E-state index >= 15 is 0 Å². The molecule has 1 rings (SSSR count). The van der Waals surface area contributed by atoms with Gasteiger partial charge in [-0.3, -0.25) is 9.59 Å². The van der Waals surface area contributed by atoms with Gasteiger partial charge in [0, 0.05) is 0 Å². The summed E-state index contributed by atoms with van der Waals surface area (Å²) < 4.78 is 11.0. The van der Waals surface area contributed by atoms with Crippen molar-refractivity contribution in [3.8, 4) is 0 Å². The molecular formula is C21H40O4Si. The number of ether oxygens (including phenoxy) is 2. The second-order valence-corrected chi connectivity index (χ2v) is 14.4. The van der Waals surface area contributed by atoms with Crippen molar-refractivity contribution in [2.75, 3.05) is 0 Å². The standard InChI is InChI=1S/C21H40O4Si/c1-9-26(10-2,11-3)14-18-13-21(12-17(18)8,19(22)24-15(4)5)20(23)25-16(6)7/h15-18H,9-14H2,1-8H3/t17-,18+/m1/s1. The maximum Gasteiger partial charge on any atom is 0.323 e. The zero-order chi connectivity index (χ0) is 20.1. The van der Waals surface area contributed by atoms with Gasteiger partial charge in [-0.2, -0.15) is 0 Å². The van der Waals surface area contributed by atoms with Crippen LogP contribution in [0.1, 0.15) is 68.2 Å². The van der Waals surface area contributed by atoms with Gasteiger partial charge in [-0.1, -0.05) is 51.9 Å². The molecule has 0 aromatic heterocycles. The molecule has 2 atom stereocenters. The Morgan fingerprint density at radius 2 is 1.35 bits per heavy atom. The second kappa shape index (κ2) is 9.38. The van der Waals surface area contributed by atoms with E-state index in [1.54, 1.807) is 0 Å². The third kappa shape index (κ3) is 5.11.